The number of carbonyl (C=O) groups excluding carboxylic acids is 1. The molecule has 5 nitrogen and oxygen atoms in total. The maximum absolute atomic E-state index is 12.9. The van der Waals surface area contributed by atoms with Gasteiger partial charge in [-0.3, -0.25) is 9.59 Å². The lowest BCUT2D eigenvalue weighted by Crippen LogP contribution is -2.30. The highest BCUT2D eigenvalue weighted by Gasteiger charge is 2.28. The van der Waals surface area contributed by atoms with Crippen molar-refractivity contribution in [3.8, 4) is 11.3 Å². The van der Waals surface area contributed by atoms with Gasteiger partial charge in [-0.05, 0) is 26.2 Å². The summed E-state index contributed by atoms with van der Waals surface area (Å²) in [5.41, 5.74) is 2.22. The summed E-state index contributed by atoms with van der Waals surface area (Å²) in [6, 6.07) is 10.6. The van der Waals surface area contributed by atoms with Gasteiger partial charge in [-0.1, -0.05) is 35.9 Å². The van der Waals surface area contributed by atoms with Gasteiger partial charge in [-0.15, -0.1) is 0 Å². The average molecular weight is 354 g/mol. The molecule has 4 rings (SSSR count). The topological polar surface area (TPSA) is 55.2 Å². The van der Waals surface area contributed by atoms with Crippen LogP contribution >= 0.6 is 11.6 Å². The van der Waals surface area contributed by atoms with E-state index < -0.39 is 0 Å². The van der Waals surface area contributed by atoms with Crippen molar-refractivity contribution < 1.29 is 4.79 Å². The van der Waals surface area contributed by atoms with Crippen LogP contribution in [0.2, 0.25) is 5.02 Å². The molecule has 0 N–H and O–H groups in total. The first kappa shape index (κ1) is 16.0. The van der Waals surface area contributed by atoms with Gasteiger partial charge in [0.2, 0.25) is 0 Å². The zero-order valence-electron chi connectivity index (χ0n) is 13.9. The monoisotopic (exact) mass is 353 g/mol. The van der Waals surface area contributed by atoms with E-state index >= 15 is 0 Å². The Balaban J connectivity index is 2.10. The molecule has 0 saturated heterocycles. The van der Waals surface area contributed by atoms with Crippen LogP contribution in [0.15, 0.2) is 41.2 Å². The van der Waals surface area contributed by atoms with E-state index in [9.17, 15) is 9.59 Å². The summed E-state index contributed by atoms with van der Waals surface area (Å²) in [6.07, 6.45) is 0. The number of halogens is 1. The molecule has 25 heavy (non-hydrogen) atoms. The SMILES string of the molecule is CN(C)CCn1nc2c3c(cc(Cl)cc3c1=O)C(=O)c1ccccc1-2. The highest BCUT2D eigenvalue weighted by Crippen LogP contribution is 2.38. The van der Waals surface area contributed by atoms with Crippen molar-refractivity contribution >= 4 is 28.2 Å². The van der Waals surface area contributed by atoms with Gasteiger partial charge in [0.1, 0.15) is 5.69 Å². The molecule has 1 aliphatic carbocycles. The summed E-state index contributed by atoms with van der Waals surface area (Å²) in [4.78, 5) is 27.7. The molecule has 0 unspecified atom stereocenters. The number of likely N-dealkylation sites (N-methyl/N-ethyl adjacent to an activating group) is 1. The smallest absolute Gasteiger partial charge is 0.274 e. The first-order valence-corrected chi connectivity index (χ1v) is 8.38. The number of hydrogen-bond donors (Lipinski definition) is 0. The minimum absolute atomic E-state index is 0.122. The second kappa shape index (κ2) is 5.79. The van der Waals surface area contributed by atoms with Gasteiger partial charge in [-0.25, -0.2) is 4.68 Å². The molecule has 1 aromatic heterocycles. The molecular formula is C19H16ClN3O2. The van der Waals surface area contributed by atoms with Crippen LogP contribution < -0.4 is 5.56 Å². The second-order valence-corrected chi connectivity index (χ2v) is 6.87. The Hall–Kier alpha value is -2.50. The molecule has 126 valence electrons. The van der Waals surface area contributed by atoms with Gasteiger partial charge >= 0.3 is 0 Å². The summed E-state index contributed by atoms with van der Waals surface area (Å²) < 4.78 is 1.46. The predicted octanol–water partition coefficient (Wildman–Crippen LogP) is 2.82. The lowest BCUT2D eigenvalue weighted by molar-refractivity contribution is 0.104. The van der Waals surface area contributed by atoms with Crippen LogP contribution in [-0.2, 0) is 6.54 Å². The van der Waals surface area contributed by atoms with Crippen LogP contribution in [0.25, 0.3) is 22.0 Å². The molecule has 3 aromatic rings. The van der Waals surface area contributed by atoms with E-state index in [1.165, 1.54) is 4.68 Å². The number of nitrogens with zero attached hydrogens (tertiary/aromatic N) is 3. The van der Waals surface area contributed by atoms with Gasteiger partial charge in [0.25, 0.3) is 5.56 Å². The largest absolute Gasteiger partial charge is 0.308 e. The molecule has 0 fully saturated rings. The normalized spacial score (nSPS) is 12.7. The Morgan fingerprint density at radius 3 is 2.52 bits per heavy atom. The Morgan fingerprint density at radius 2 is 1.80 bits per heavy atom. The Labute approximate surface area is 149 Å². The van der Waals surface area contributed by atoms with E-state index in [2.05, 4.69) is 5.10 Å². The van der Waals surface area contributed by atoms with Crippen molar-refractivity contribution in [2.45, 2.75) is 6.54 Å². The number of hydrogen-bond acceptors (Lipinski definition) is 4. The third-order valence-corrected chi connectivity index (χ3v) is 4.67. The van der Waals surface area contributed by atoms with Crippen molar-refractivity contribution in [2.75, 3.05) is 20.6 Å². The summed E-state index contributed by atoms with van der Waals surface area (Å²) in [5, 5.41) is 6.00. The third-order valence-electron chi connectivity index (χ3n) is 4.46. The molecule has 0 amide bonds. The summed E-state index contributed by atoms with van der Waals surface area (Å²) in [5.74, 6) is -0.122. The Morgan fingerprint density at radius 1 is 1.08 bits per heavy atom. The minimum Gasteiger partial charge on any atom is -0.308 e. The van der Waals surface area contributed by atoms with Gasteiger partial charge < -0.3 is 4.90 Å². The third kappa shape index (κ3) is 2.47. The molecular weight excluding hydrogens is 338 g/mol. The van der Waals surface area contributed by atoms with E-state index in [1.807, 2.05) is 37.2 Å². The molecule has 1 aliphatic rings. The Bertz CT molecular complexity index is 1090. The second-order valence-electron chi connectivity index (χ2n) is 6.43. The summed E-state index contributed by atoms with van der Waals surface area (Å²) in [6.45, 7) is 1.15. The first-order valence-electron chi connectivity index (χ1n) is 8.00. The van der Waals surface area contributed by atoms with Crippen LogP contribution in [0, 0.1) is 0 Å². The predicted molar refractivity (Wildman–Crippen MR) is 98.4 cm³/mol. The molecule has 0 spiro atoms. The fourth-order valence-corrected chi connectivity index (χ4v) is 3.45. The van der Waals surface area contributed by atoms with Crippen molar-refractivity contribution in [3.63, 3.8) is 0 Å². The fraction of sp³-hybridized carbons (Fsp3) is 0.211. The van der Waals surface area contributed by atoms with Crippen molar-refractivity contribution in [2.24, 2.45) is 0 Å². The number of ketones is 1. The lowest BCUT2D eigenvalue weighted by atomic mass is 9.86. The number of aromatic nitrogens is 2. The molecule has 1 heterocycles. The zero-order valence-corrected chi connectivity index (χ0v) is 14.7. The molecule has 0 atom stereocenters. The highest BCUT2D eigenvalue weighted by atomic mass is 35.5. The average Bonchev–Trinajstić information content (AvgIpc) is 2.59. The number of benzene rings is 2. The van der Waals surface area contributed by atoms with Gasteiger partial charge in [0.15, 0.2) is 5.78 Å². The van der Waals surface area contributed by atoms with Crippen LogP contribution in [0.5, 0.6) is 0 Å². The molecule has 0 bridgehead atoms. The molecule has 0 aliphatic heterocycles. The maximum atomic E-state index is 12.9. The van der Waals surface area contributed by atoms with E-state index in [1.54, 1.807) is 18.2 Å². The number of carbonyl (C=O) groups is 1. The van der Waals surface area contributed by atoms with E-state index in [-0.39, 0.29) is 11.3 Å². The van der Waals surface area contributed by atoms with Crippen LogP contribution in [-0.4, -0.2) is 41.1 Å². The maximum Gasteiger partial charge on any atom is 0.274 e. The highest BCUT2D eigenvalue weighted by molar-refractivity contribution is 6.34. The van der Waals surface area contributed by atoms with E-state index in [0.717, 1.165) is 5.56 Å². The quantitative estimate of drug-likeness (QED) is 0.568. The Kier molecular flexibility index (Phi) is 3.71. The van der Waals surface area contributed by atoms with Crippen molar-refractivity contribution in [1.82, 2.24) is 14.7 Å². The first-order chi connectivity index (χ1) is 12.0. The lowest BCUT2D eigenvalue weighted by Gasteiger charge is -2.20. The van der Waals surface area contributed by atoms with Gasteiger partial charge in [0, 0.05) is 33.6 Å². The summed E-state index contributed by atoms with van der Waals surface area (Å²) >= 11 is 6.19. The number of fused-ring (bicyclic) bond motifs is 2. The molecule has 0 radical (unpaired) electrons. The van der Waals surface area contributed by atoms with Gasteiger partial charge in [0.05, 0.1) is 11.9 Å². The van der Waals surface area contributed by atoms with Crippen LogP contribution in [0.4, 0.5) is 0 Å². The van der Waals surface area contributed by atoms with E-state index in [4.69, 9.17) is 11.6 Å². The van der Waals surface area contributed by atoms with Crippen molar-refractivity contribution in [1.29, 1.82) is 0 Å². The van der Waals surface area contributed by atoms with Gasteiger partial charge in [-0.2, -0.15) is 5.10 Å². The molecule has 2 aromatic carbocycles. The van der Waals surface area contributed by atoms with Crippen LogP contribution in [0.1, 0.15) is 15.9 Å². The zero-order chi connectivity index (χ0) is 17.7. The minimum atomic E-state index is -0.225. The molecule has 6 heteroatoms. The van der Waals surface area contributed by atoms with Crippen molar-refractivity contribution in [3.05, 3.63) is 62.9 Å². The van der Waals surface area contributed by atoms with Crippen LogP contribution in [0.3, 0.4) is 0 Å². The summed E-state index contributed by atoms with van der Waals surface area (Å²) in [7, 11) is 3.89. The fourth-order valence-electron chi connectivity index (χ4n) is 3.23. The number of rotatable bonds is 3. The standard InChI is InChI=1S/C19H16ClN3O2/c1-22(2)7-8-23-19(25)15-10-11(20)9-14-16(15)17(21-23)12-5-3-4-6-13(12)18(14)24/h3-6,9-10H,7-8H2,1-2H3. The molecule has 0 saturated carbocycles. The van der Waals surface area contributed by atoms with E-state index in [0.29, 0.717) is 45.7 Å².